The Morgan fingerprint density at radius 3 is 2.52 bits per heavy atom. The summed E-state index contributed by atoms with van der Waals surface area (Å²) in [5.74, 6) is 0.267. The van der Waals surface area contributed by atoms with Gasteiger partial charge in [-0.25, -0.2) is 0 Å². The molecule has 6 heteroatoms. The minimum atomic E-state index is -0.703. The molecule has 2 fully saturated rings. The second kappa shape index (κ2) is 5.15. The predicted octanol–water partition coefficient (Wildman–Crippen LogP) is 1.54. The van der Waals surface area contributed by atoms with Crippen molar-refractivity contribution in [3.63, 3.8) is 0 Å². The topological polar surface area (TPSA) is 76.1 Å². The molecule has 1 aromatic rings. The van der Waals surface area contributed by atoms with E-state index in [1.807, 2.05) is 18.2 Å². The number of aliphatic carboxylic acids is 1. The molecule has 4 rings (SSSR count). The van der Waals surface area contributed by atoms with E-state index in [0.717, 1.165) is 19.3 Å². The summed E-state index contributed by atoms with van der Waals surface area (Å²) in [4.78, 5) is 25.5. The first-order chi connectivity index (χ1) is 11.1. The number of amides is 1. The van der Waals surface area contributed by atoms with E-state index in [-0.39, 0.29) is 23.8 Å². The third-order valence-corrected chi connectivity index (χ3v) is 5.34. The van der Waals surface area contributed by atoms with Gasteiger partial charge in [0.25, 0.3) is 5.91 Å². The summed E-state index contributed by atoms with van der Waals surface area (Å²) in [5, 5.41) is 9.13. The smallest absolute Gasteiger partial charge is 0.307 e. The van der Waals surface area contributed by atoms with Gasteiger partial charge in [-0.1, -0.05) is 12.1 Å². The van der Waals surface area contributed by atoms with Crippen LogP contribution in [0.4, 0.5) is 0 Å². The van der Waals surface area contributed by atoms with Crippen LogP contribution in [0.25, 0.3) is 0 Å². The first kappa shape index (κ1) is 14.4. The lowest BCUT2D eigenvalue weighted by Gasteiger charge is -2.35. The molecule has 6 nitrogen and oxygen atoms in total. The molecule has 0 radical (unpaired) electrons. The van der Waals surface area contributed by atoms with Crippen molar-refractivity contribution >= 4 is 11.9 Å². The maximum absolute atomic E-state index is 12.6. The lowest BCUT2D eigenvalue weighted by Crippen LogP contribution is -2.49. The SMILES string of the molecule is O=C(O)C1CC12CCN(C(=O)C1COc3ccccc3O1)CC2. The summed E-state index contributed by atoms with van der Waals surface area (Å²) in [7, 11) is 0. The zero-order valence-electron chi connectivity index (χ0n) is 12.7. The van der Waals surface area contributed by atoms with E-state index in [1.165, 1.54) is 0 Å². The van der Waals surface area contributed by atoms with Crippen molar-refractivity contribution in [1.29, 1.82) is 0 Å². The first-order valence-corrected chi connectivity index (χ1v) is 7.99. The van der Waals surface area contributed by atoms with E-state index in [1.54, 1.807) is 11.0 Å². The molecule has 2 atom stereocenters. The minimum Gasteiger partial charge on any atom is -0.485 e. The van der Waals surface area contributed by atoms with Crippen LogP contribution in [0, 0.1) is 11.3 Å². The number of carboxylic acid groups (broad SMARTS) is 1. The highest BCUT2D eigenvalue weighted by Crippen LogP contribution is 2.59. The van der Waals surface area contributed by atoms with Crippen LogP contribution in [0.2, 0.25) is 0 Å². The van der Waals surface area contributed by atoms with Gasteiger partial charge < -0.3 is 19.5 Å². The number of para-hydroxylation sites is 2. The zero-order chi connectivity index (χ0) is 16.0. The number of carbonyl (C=O) groups is 2. The van der Waals surface area contributed by atoms with E-state index in [4.69, 9.17) is 14.6 Å². The molecule has 2 heterocycles. The second-order valence-corrected chi connectivity index (χ2v) is 6.65. The van der Waals surface area contributed by atoms with Gasteiger partial charge in [-0.2, -0.15) is 0 Å². The van der Waals surface area contributed by atoms with Crippen molar-refractivity contribution in [2.45, 2.75) is 25.4 Å². The van der Waals surface area contributed by atoms with Crippen LogP contribution < -0.4 is 9.47 Å². The molecule has 3 aliphatic rings. The molecule has 1 saturated carbocycles. The van der Waals surface area contributed by atoms with Gasteiger partial charge in [0.1, 0.15) is 6.61 Å². The van der Waals surface area contributed by atoms with Crippen LogP contribution in [-0.2, 0) is 9.59 Å². The highest BCUT2D eigenvalue weighted by molar-refractivity contribution is 5.82. The Labute approximate surface area is 134 Å². The molecule has 1 spiro atoms. The number of carbonyl (C=O) groups excluding carboxylic acids is 1. The van der Waals surface area contributed by atoms with E-state index in [2.05, 4.69) is 0 Å². The monoisotopic (exact) mass is 317 g/mol. The molecule has 0 bridgehead atoms. The number of piperidine rings is 1. The average molecular weight is 317 g/mol. The fourth-order valence-corrected chi connectivity index (χ4v) is 3.77. The molecule has 1 saturated heterocycles. The summed E-state index contributed by atoms with van der Waals surface area (Å²) in [5.41, 5.74) is -0.0703. The summed E-state index contributed by atoms with van der Waals surface area (Å²) >= 11 is 0. The number of likely N-dealkylation sites (tertiary alicyclic amines) is 1. The number of nitrogens with zero attached hydrogens (tertiary/aromatic N) is 1. The largest absolute Gasteiger partial charge is 0.485 e. The number of hydrogen-bond acceptors (Lipinski definition) is 4. The lowest BCUT2D eigenvalue weighted by atomic mass is 9.90. The van der Waals surface area contributed by atoms with Crippen LogP contribution in [0.15, 0.2) is 24.3 Å². The summed E-state index contributed by atoms with van der Waals surface area (Å²) in [6, 6.07) is 7.32. The maximum Gasteiger partial charge on any atom is 0.307 e. The molecule has 2 unspecified atom stereocenters. The number of rotatable bonds is 2. The lowest BCUT2D eigenvalue weighted by molar-refractivity contribution is -0.143. The van der Waals surface area contributed by atoms with Crippen molar-refractivity contribution in [3.05, 3.63) is 24.3 Å². The Morgan fingerprint density at radius 1 is 1.17 bits per heavy atom. The first-order valence-electron chi connectivity index (χ1n) is 7.99. The van der Waals surface area contributed by atoms with Crippen molar-refractivity contribution in [1.82, 2.24) is 4.90 Å². The summed E-state index contributed by atoms with van der Waals surface area (Å²) < 4.78 is 11.4. The second-order valence-electron chi connectivity index (χ2n) is 6.65. The molecule has 23 heavy (non-hydrogen) atoms. The van der Waals surface area contributed by atoms with Crippen LogP contribution in [-0.4, -0.2) is 47.7 Å². The highest BCUT2D eigenvalue weighted by atomic mass is 16.6. The van der Waals surface area contributed by atoms with Crippen LogP contribution >= 0.6 is 0 Å². The Bertz CT molecular complexity index is 650. The maximum atomic E-state index is 12.6. The predicted molar refractivity (Wildman–Crippen MR) is 80.3 cm³/mol. The fraction of sp³-hybridized carbons (Fsp3) is 0.529. The molecule has 1 amide bonds. The van der Waals surface area contributed by atoms with Gasteiger partial charge in [-0.15, -0.1) is 0 Å². The van der Waals surface area contributed by atoms with Crippen LogP contribution in [0.3, 0.4) is 0 Å². The van der Waals surface area contributed by atoms with Crippen molar-refractivity contribution in [2.75, 3.05) is 19.7 Å². The van der Waals surface area contributed by atoms with E-state index in [0.29, 0.717) is 24.6 Å². The molecule has 1 N–H and O–H groups in total. The van der Waals surface area contributed by atoms with Gasteiger partial charge in [-0.05, 0) is 36.8 Å². The number of ether oxygens (including phenoxy) is 2. The number of hydrogen-bond donors (Lipinski definition) is 1. The Hall–Kier alpha value is -2.24. The molecule has 2 aliphatic heterocycles. The Balaban J connectivity index is 1.37. The standard InChI is InChI=1S/C17H19NO5/c19-15(14-10-22-12-3-1-2-4-13(12)23-14)18-7-5-17(6-8-18)9-11(17)16(20)21/h1-4,11,14H,5-10H2,(H,20,21). The van der Waals surface area contributed by atoms with Gasteiger partial charge >= 0.3 is 5.97 Å². The Morgan fingerprint density at radius 2 is 1.87 bits per heavy atom. The number of benzene rings is 1. The molecular weight excluding hydrogens is 298 g/mol. The molecule has 1 aromatic carbocycles. The van der Waals surface area contributed by atoms with Crippen LogP contribution in [0.1, 0.15) is 19.3 Å². The number of fused-ring (bicyclic) bond motifs is 1. The van der Waals surface area contributed by atoms with E-state index >= 15 is 0 Å². The number of carboxylic acids is 1. The third kappa shape index (κ3) is 2.42. The average Bonchev–Trinajstić information content (AvgIpc) is 3.28. The summed E-state index contributed by atoms with van der Waals surface area (Å²) in [6.45, 7) is 1.42. The summed E-state index contributed by atoms with van der Waals surface area (Å²) in [6.07, 6.45) is 1.66. The van der Waals surface area contributed by atoms with Crippen molar-refractivity contribution in [2.24, 2.45) is 11.3 Å². The molecular formula is C17H19NO5. The van der Waals surface area contributed by atoms with E-state index < -0.39 is 12.1 Å². The van der Waals surface area contributed by atoms with Gasteiger partial charge in [0.05, 0.1) is 5.92 Å². The third-order valence-electron chi connectivity index (χ3n) is 5.34. The minimum absolute atomic E-state index is 0.0677. The van der Waals surface area contributed by atoms with Gasteiger partial charge in [0.2, 0.25) is 6.10 Å². The zero-order valence-corrected chi connectivity index (χ0v) is 12.7. The highest BCUT2D eigenvalue weighted by Gasteiger charge is 2.59. The molecule has 0 aromatic heterocycles. The van der Waals surface area contributed by atoms with Crippen molar-refractivity contribution < 1.29 is 24.2 Å². The fourth-order valence-electron chi connectivity index (χ4n) is 3.77. The van der Waals surface area contributed by atoms with Gasteiger partial charge in [0.15, 0.2) is 11.5 Å². The van der Waals surface area contributed by atoms with E-state index in [9.17, 15) is 9.59 Å². The van der Waals surface area contributed by atoms with Gasteiger partial charge in [-0.3, -0.25) is 9.59 Å². The molecule has 122 valence electrons. The molecule has 1 aliphatic carbocycles. The van der Waals surface area contributed by atoms with Crippen molar-refractivity contribution in [3.8, 4) is 11.5 Å². The quantitative estimate of drug-likeness (QED) is 0.895. The normalized spacial score (nSPS) is 27.6. The van der Waals surface area contributed by atoms with Crippen LogP contribution in [0.5, 0.6) is 11.5 Å². The van der Waals surface area contributed by atoms with Gasteiger partial charge in [0, 0.05) is 13.1 Å². The Kier molecular flexibility index (Phi) is 3.21.